The van der Waals surface area contributed by atoms with E-state index in [9.17, 15) is 14.3 Å². The minimum absolute atomic E-state index is 0.00432. The van der Waals surface area contributed by atoms with E-state index in [-0.39, 0.29) is 21.7 Å². The lowest BCUT2D eigenvalue weighted by Gasteiger charge is -2.07. The number of hydrogen-bond acceptors (Lipinski definition) is 3. The van der Waals surface area contributed by atoms with Gasteiger partial charge in [0.05, 0.1) is 16.8 Å². The van der Waals surface area contributed by atoms with Gasteiger partial charge >= 0.3 is 0 Å². The molecule has 0 aliphatic carbocycles. The number of pyridine rings is 1. The molecule has 7 heteroatoms. The van der Waals surface area contributed by atoms with Crippen molar-refractivity contribution in [2.24, 2.45) is 7.05 Å². The van der Waals surface area contributed by atoms with E-state index in [1.165, 1.54) is 16.8 Å². The van der Waals surface area contributed by atoms with Gasteiger partial charge in [-0.3, -0.25) is 9.48 Å². The first kappa shape index (κ1) is 13.6. The SMILES string of the molecule is Cc1nn(C)c2[nH]c(-c3ccc(Cl)cc3F)c(O)c(=O)c12. The van der Waals surface area contributed by atoms with Gasteiger partial charge in [0, 0.05) is 17.6 Å². The van der Waals surface area contributed by atoms with Crippen molar-refractivity contribution in [2.45, 2.75) is 6.92 Å². The van der Waals surface area contributed by atoms with Crippen molar-refractivity contribution >= 4 is 22.6 Å². The average molecular weight is 308 g/mol. The summed E-state index contributed by atoms with van der Waals surface area (Å²) in [5.74, 6) is -1.17. The van der Waals surface area contributed by atoms with Crippen LogP contribution in [-0.4, -0.2) is 19.9 Å². The highest BCUT2D eigenvalue weighted by Gasteiger charge is 2.19. The van der Waals surface area contributed by atoms with Crippen molar-refractivity contribution in [3.05, 3.63) is 45.0 Å². The second-order valence-electron chi connectivity index (χ2n) is 4.73. The molecular formula is C14H11ClFN3O2. The minimum Gasteiger partial charge on any atom is -0.503 e. The number of aryl methyl sites for hydroxylation is 2. The summed E-state index contributed by atoms with van der Waals surface area (Å²) in [6, 6.07) is 4.00. The van der Waals surface area contributed by atoms with E-state index >= 15 is 0 Å². The van der Waals surface area contributed by atoms with Gasteiger partial charge in [-0.25, -0.2) is 4.39 Å². The van der Waals surface area contributed by atoms with Gasteiger partial charge < -0.3 is 10.1 Å². The van der Waals surface area contributed by atoms with Crippen molar-refractivity contribution in [3.8, 4) is 17.0 Å². The maximum absolute atomic E-state index is 14.0. The predicted octanol–water partition coefficient (Wildman–Crippen LogP) is 2.74. The van der Waals surface area contributed by atoms with Crippen LogP contribution in [-0.2, 0) is 7.05 Å². The first-order valence-corrected chi connectivity index (χ1v) is 6.52. The number of nitrogens with one attached hydrogen (secondary N) is 1. The minimum atomic E-state index is -0.633. The van der Waals surface area contributed by atoms with Crippen LogP contribution in [0.15, 0.2) is 23.0 Å². The number of nitrogens with zero attached hydrogens (tertiary/aromatic N) is 2. The standard InChI is InChI=1S/C14H11ClFN3O2/c1-6-10-12(20)13(21)11(17-14(10)19(2)18-6)8-4-3-7(15)5-9(8)16/h3-5,21H,1-2H3,(H,17,20). The molecule has 1 aromatic carbocycles. The topological polar surface area (TPSA) is 70.9 Å². The number of hydrogen-bond donors (Lipinski definition) is 2. The van der Waals surface area contributed by atoms with Gasteiger partial charge in [0.2, 0.25) is 5.43 Å². The Morgan fingerprint density at radius 3 is 2.81 bits per heavy atom. The van der Waals surface area contributed by atoms with Gasteiger partial charge in [-0.2, -0.15) is 5.10 Å². The zero-order chi connectivity index (χ0) is 15.3. The van der Waals surface area contributed by atoms with Gasteiger partial charge in [-0.05, 0) is 25.1 Å². The molecule has 0 amide bonds. The Morgan fingerprint density at radius 2 is 2.14 bits per heavy atom. The second-order valence-corrected chi connectivity index (χ2v) is 5.17. The summed E-state index contributed by atoms with van der Waals surface area (Å²) in [5, 5.41) is 14.7. The highest BCUT2D eigenvalue weighted by Crippen LogP contribution is 2.30. The van der Waals surface area contributed by atoms with Crippen LogP contribution in [0.4, 0.5) is 4.39 Å². The van der Waals surface area contributed by atoms with E-state index in [4.69, 9.17) is 11.6 Å². The van der Waals surface area contributed by atoms with Gasteiger partial charge in [0.25, 0.3) is 0 Å². The molecule has 0 fully saturated rings. The Hall–Kier alpha value is -2.34. The van der Waals surface area contributed by atoms with Crippen LogP contribution in [0.3, 0.4) is 0 Å². The average Bonchev–Trinajstić information content (AvgIpc) is 2.69. The molecule has 0 radical (unpaired) electrons. The van der Waals surface area contributed by atoms with Crippen molar-refractivity contribution < 1.29 is 9.50 Å². The Bertz CT molecular complexity index is 930. The molecule has 2 aromatic heterocycles. The van der Waals surface area contributed by atoms with E-state index in [2.05, 4.69) is 10.1 Å². The van der Waals surface area contributed by atoms with Gasteiger partial charge in [-0.15, -0.1) is 0 Å². The van der Waals surface area contributed by atoms with Crippen LogP contribution in [0.5, 0.6) is 5.75 Å². The Labute approximate surface area is 123 Å². The molecule has 2 N–H and O–H groups in total. The highest BCUT2D eigenvalue weighted by molar-refractivity contribution is 6.30. The number of halogens is 2. The molecule has 0 spiro atoms. The molecule has 3 aromatic rings. The normalized spacial score (nSPS) is 11.2. The van der Waals surface area contributed by atoms with Crippen molar-refractivity contribution in [3.63, 3.8) is 0 Å². The fourth-order valence-electron chi connectivity index (χ4n) is 2.37. The van der Waals surface area contributed by atoms with E-state index in [1.807, 2.05) is 0 Å². The monoisotopic (exact) mass is 307 g/mol. The van der Waals surface area contributed by atoms with Crippen LogP contribution in [0.1, 0.15) is 5.69 Å². The van der Waals surface area contributed by atoms with E-state index in [0.29, 0.717) is 11.3 Å². The molecule has 3 rings (SSSR count). The zero-order valence-corrected chi connectivity index (χ0v) is 12.0. The summed E-state index contributed by atoms with van der Waals surface area (Å²) >= 11 is 5.71. The van der Waals surface area contributed by atoms with E-state index in [1.54, 1.807) is 14.0 Å². The number of aromatic amines is 1. The molecule has 0 saturated carbocycles. The number of aromatic nitrogens is 3. The van der Waals surface area contributed by atoms with Crippen LogP contribution in [0, 0.1) is 12.7 Å². The molecule has 108 valence electrons. The fraction of sp³-hybridized carbons (Fsp3) is 0.143. The molecule has 0 atom stereocenters. The number of fused-ring (bicyclic) bond motifs is 1. The van der Waals surface area contributed by atoms with Gasteiger partial charge in [0.15, 0.2) is 5.75 Å². The lowest BCUT2D eigenvalue weighted by molar-refractivity contribution is 0.470. The molecule has 2 heterocycles. The third-order valence-corrected chi connectivity index (χ3v) is 3.58. The zero-order valence-electron chi connectivity index (χ0n) is 11.2. The number of H-pyrrole nitrogens is 1. The first-order chi connectivity index (χ1) is 9.90. The molecule has 5 nitrogen and oxygen atoms in total. The number of rotatable bonds is 1. The maximum Gasteiger partial charge on any atom is 0.235 e. The third kappa shape index (κ3) is 1.99. The van der Waals surface area contributed by atoms with Crippen LogP contribution in [0.2, 0.25) is 5.02 Å². The van der Waals surface area contributed by atoms with Crippen molar-refractivity contribution in [1.82, 2.24) is 14.8 Å². The summed E-state index contributed by atoms with van der Waals surface area (Å²) in [4.78, 5) is 15.1. The summed E-state index contributed by atoms with van der Waals surface area (Å²) in [6.07, 6.45) is 0. The first-order valence-electron chi connectivity index (χ1n) is 6.14. The molecule has 0 saturated heterocycles. The fourth-order valence-corrected chi connectivity index (χ4v) is 2.53. The number of aromatic hydroxyl groups is 1. The largest absolute Gasteiger partial charge is 0.503 e. The molecule has 0 aliphatic heterocycles. The third-order valence-electron chi connectivity index (χ3n) is 3.35. The van der Waals surface area contributed by atoms with Gasteiger partial charge in [0.1, 0.15) is 11.5 Å². The molecule has 0 bridgehead atoms. The van der Waals surface area contributed by atoms with E-state index in [0.717, 1.165) is 6.07 Å². The van der Waals surface area contributed by atoms with Crippen LogP contribution in [0.25, 0.3) is 22.3 Å². The molecular weight excluding hydrogens is 297 g/mol. The Kier molecular flexibility index (Phi) is 2.98. The van der Waals surface area contributed by atoms with Crippen LogP contribution < -0.4 is 5.43 Å². The van der Waals surface area contributed by atoms with Crippen molar-refractivity contribution in [1.29, 1.82) is 0 Å². The van der Waals surface area contributed by atoms with Gasteiger partial charge in [-0.1, -0.05) is 11.6 Å². The second kappa shape index (κ2) is 4.60. The molecule has 0 unspecified atom stereocenters. The maximum atomic E-state index is 14.0. The quantitative estimate of drug-likeness (QED) is 0.726. The lowest BCUT2D eigenvalue weighted by Crippen LogP contribution is -2.06. The molecule has 0 aliphatic rings. The summed E-state index contributed by atoms with van der Waals surface area (Å²) < 4.78 is 15.5. The van der Waals surface area contributed by atoms with Crippen LogP contribution >= 0.6 is 11.6 Å². The van der Waals surface area contributed by atoms with E-state index < -0.39 is 17.0 Å². The Morgan fingerprint density at radius 1 is 1.43 bits per heavy atom. The lowest BCUT2D eigenvalue weighted by atomic mass is 10.1. The highest BCUT2D eigenvalue weighted by atomic mass is 35.5. The number of benzene rings is 1. The summed E-state index contributed by atoms with van der Waals surface area (Å²) in [5.41, 5.74) is 0.393. The summed E-state index contributed by atoms with van der Waals surface area (Å²) in [6.45, 7) is 1.67. The molecule has 21 heavy (non-hydrogen) atoms. The smallest absolute Gasteiger partial charge is 0.235 e. The Balaban J connectivity index is 2.41. The van der Waals surface area contributed by atoms with Crippen molar-refractivity contribution in [2.75, 3.05) is 0 Å². The summed E-state index contributed by atoms with van der Waals surface area (Å²) in [7, 11) is 1.66. The predicted molar refractivity (Wildman–Crippen MR) is 78.1 cm³/mol.